The third-order valence-electron chi connectivity index (χ3n) is 5.12. The van der Waals surface area contributed by atoms with E-state index in [1.807, 2.05) is 12.1 Å². The molecule has 5 nitrogen and oxygen atoms in total. The highest BCUT2D eigenvalue weighted by Gasteiger charge is 2.20. The molecule has 1 saturated heterocycles. The van der Waals surface area contributed by atoms with E-state index in [4.69, 9.17) is 16.3 Å². The second-order valence-corrected chi connectivity index (χ2v) is 7.58. The van der Waals surface area contributed by atoms with Gasteiger partial charge in [0.1, 0.15) is 5.75 Å². The number of fused-ring (bicyclic) bond motifs is 1. The molecular formula is C21H24ClN3O2. The number of carbonyl (C=O) groups is 1. The van der Waals surface area contributed by atoms with E-state index in [1.54, 1.807) is 12.1 Å². The van der Waals surface area contributed by atoms with Crippen molar-refractivity contribution >= 4 is 23.2 Å². The lowest BCUT2D eigenvalue weighted by molar-refractivity contribution is -0.117. The summed E-state index contributed by atoms with van der Waals surface area (Å²) in [5.74, 6) is 1.06. The van der Waals surface area contributed by atoms with Crippen molar-refractivity contribution in [3.63, 3.8) is 0 Å². The molecule has 27 heavy (non-hydrogen) atoms. The first-order valence-electron chi connectivity index (χ1n) is 9.40. The SMILES string of the molecule is O=C(CN1CCN(Cc2ccc3c(c2)CCO3)CC1)Nc1ccc(Cl)cc1. The Bertz CT molecular complexity index is 802. The summed E-state index contributed by atoms with van der Waals surface area (Å²) in [6, 6.07) is 13.7. The lowest BCUT2D eigenvalue weighted by Crippen LogP contribution is -2.48. The molecule has 0 bridgehead atoms. The molecule has 2 aliphatic rings. The van der Waals surface area contributed by atoms with Crippen molar-refractivity contribution in [2.75, 3.05) is 44.6 Å². The van der Waals surface area contributed by atoms with E-state index < -0.39 is 0 Å². The summed E-state index contributed by atoms with van der Waals surface area (Å²) < 4.78 is 5.58. The van der Waals surface area contributed by atoms with Gasteiger partial charge in [-0.1, -0.05) is 23.7 Å². The second kappa shape index (κ2) is 8.30. The highest BCUT2D eigenvalue weighted by atomic mass is 35.5. The van der Waals surface area contributed by atoms with E-state index in [-0.39, 0.29) is 5.91 Å². The highest BCUT2D eigenvalue weighted by molar-refractivity contribution is 6.30. The maximum Gasteiger partial charge on any atom is 0.238 e. The Morgan fingerprint density at radius 2 is 1.78 bits per heavy atom. The third-order valence-corrected chi connectivity index (χ3v) is 5.37. The van der Waals surface area contributed by atoms with Gasteiger partial charge < -0.3 is 10.1 Å². The molecule has 2 heterocycles. The number of nitrogens with one attached hydrogen (secondary N) is 1. The van der Waals surface area contributed by atoms with Gasteiger partial charge in [-0.3, -0.25) is 14.6 Å². The Hall–Kier alpha value is -2.08. The fourth-order valence-corrected chi connectivity index (χ4v) is 3.76. The molecule has 0 atom stereocenters. The lowest BCUT2D eigenvalue weighted by atomic mass is 10.1. The number of nitrogens with zero attached hydrogens (tertiary/aromatic N) is 2. The number of halogens is 1. The second-order valence-electron chi connectivity index (χ2n) is 7.15. The zero-order chi connectivity index (χ0) is 18.6. The zero-order valence-electron chi connectivity index (χ0n) is 15.3. The third kappa shape index (κ3) is 4.80. The Morgan fingerprint density at radius 3 is 2.56 bits per heavy atom. The summed E-state index contributed by atoms with van der Waals surface area (Å²) in [6.07, 6.45) is 1.01. The molecule has 1 amide bonds. The van der Waals surface area contributed by atoms with Gasteiger partial charge in [0, 0.05) is 49.9 Å². The maximum absolute atomic E-state index is 12.2. The van der Waals surface area contributed by atoms with E-state index in [2.05, 4.69) is 33.3 Å². The quantitative estimate of drug-likeness (QED) is 0.859. The molecule has 6 heteroatoms. The number of hydrogen-bond acceptors (Lipinski definition) is 4. The Balaban J connectivity index is 1.23. The van der Waals surface area contributed by atoms with E-state index in [0.29, 0.717) is 11.6 Å². The number of carbonyl (C=O) groups excluding carboxylic acids is 1. The number of anilines is 1. The molecule has 4 rings (SSSR count). The molecule has 1 N–H and O–H groups in total. The largest absolute Gasteiger partial charge is 0.493 e. The average Bonchev–Trinajstić information content (AvgIpc) is 3.13. The minimum absolute atomic E-state index is 0.0180. The number of piperazine rings is 1. The Morgan fingerprint density at radius 1 is 1.04 bits per heavy atom. The molecule has 0 spiro atoms. The fourth-order valence-electron chi connectivity index (χ4n) is 3.64. The van der Waals surface area contributed by atoms with Gasteiger partial charge in [-0.15, -0.1) is 0 Å². The van der Waals surface area contributed by atoms with Gasteiger partial charge in [0.2, 0.25) is 5.91 Å². The average molecular weight is 386 g/mol. The normalized spacial score (nSPS) is 17.4. The smallest absolute Gasteiger partial charge is 0.238 e. The molecule has 0 unspecified atom stereocenters. The van der Waals surface area contributed by atoms with Crippen LogP contribution in [0.15, 0.2) is 42.5 Å². The van der Waals surface area contributed by atoms with Crippen molar-refractivity contribution in [1.82, 2.24) is 9.80 Å². The van der Waals surface area contributed by atoms with Crippen LogP contribution in [0.5, 0.6) is 5.75 Å². The van der Waals surface area contributed by atoms with Gasteiger partial charge in [0.05, 0.1) is 13.2 Å². The maximum atomic E-state index is 12.2. The predicted molar refractivity (Wildman–Crippen MR) is 107 cm³/mol. The Kier molecular flexibility index (Phi) is 5.62. The number of amides is 1. The van der Waals surface area contributed by atoms with Crippen molar-refractivity contribution in [3.05, 3.63) is 58.6 Å². The number of ether oxygens (including phenoxy) is 1. The van der Waals surface area contributed by atoms with Gasteiger partial charge in [0.25, 0.3) is 0 Å². The molecule has 0 saturated carbocycles. The topological polar surface area (TPSA) is 44.8 Å². The number of benzene rings is 2. The number of hydrogen-bond donors (Lipinski definition) is 1. The van der Waals surface area contributed by atoms with Gasteiger partial charge in [-0.05, 0) is 41.5 Å². The van der Waals surface area contributed by atoms with E-state index in [0.717, 1.165) is 57.2 Å². The summed E-state index contributed by atoms with van der Waals surface area (Å²) in [5.41, 5.74) is 3.45. The predicted octanol–water partition coefficient (Wildman–Crippen LogP) is 3.03. The van der Waals surface area contributed by atoms with Gasteiger partial charge in [-0.2, -0.15) is 0 Å². The van der Waals surface area contributed by atoms with Crippen molar-refractivity contribution in [2.45, 2.75) is 13.0 Å². The zero-order valence-corrected chi connectivity index (χ0v) is 16.0. The van der Waals surface area contributed by atoms with E-state index >= 15 is 0 Å². The highest BCUT2D eigenvalue weighted by Crippen LogP contribution is 2.26. The minimum atomic E-state index is 0.0180. The summed E-state index contributed by atoms with van der Waals surface area (Å²) in [5, 5.41) is 3.59. The van der Waals surface area contributed by atoms with Crippen molar-refractivity contribution < 1.29 is 9.53 Å². The van der Waals surface area contributed by atoms with Crippen molar-refractivity contribution in [1.29, 1.82) is 0 Å². The number of rotatable bonds is 5. The van der Waals surface area contributed by atoms with Crippen LogP contribution in [0.3, 0.4) is 0 Å². The van der Waals surface area contributed by atoms with Crippen LogP contribution in [0.2, 0.25) is 5.02 Å². The summed E-state index contributed by atoms with van der Waals surface area (Å²) in [4.78, 5) is 16.9. The van der Waals surface area contributed by atoms with Crippen LogP contribution in [0.4, 0.5) is 5.69 Å². The van der Waals surface area contributed by atoms with E-state index in [9.17, 15) is 4.79 Å². The van der Waals surface area contributed by atoms with Crippen LogP contribution < -0.4 is 10.1 Å². The monoisotopic (exact) mass is 385 g/mol. The van der Waals surface area contributed by atoms with Gasteiger partial charge in [-0.25, -0.2) is 0 Å². The lowest BCUT2D eigenvalue weighted by Gasteiger charge is -2.34. The van der Waals surface area contributed by atoms with Gasteiger partial charge in [0.15, 0.2) is 0 Å². The molecule has 1 fully saturated rings. The van der Waals surface area contributed by atoms with Crippen LogP contribution in [0, 0.1) is 0 Å². The molecule has 0 radical (unpaired) electrons. The van der Waals surface area contributed by atoms with E-state index in [1.165, 1.54) is 11.1 Å². The van der Waals surface area contributed by atoms with Crippen LogP contribution in [-0.2, 0) is 17.8 Å². The fraction of sp³-hybridized carbons (Fsp3) is 0.381. The van der Waals surface area contributed by atoms with Crippen LogP contribution in [0.1, 0.15) is 11.1 Å². The molecule has 2 aromatic carbocycles. The molecule has 2 aromatic rings. The van der Waals surface area contributed by atoms with Gasteiger partial charge >= 0.3 is 0 Å². The van der Waals surface area contributed by atoms with Crippen molar-refractivity contribution in [2.24, 2.45) is 0 Å². The minimum Gasteiger partial charge on any atom is -0.493 e. The molecule has 0 aliphatic carbocycles. The summed E-state index contributed by atoms with van der Waals surface area (Å²) in [6.45, 7) is 5.94. The molecule has 0 aromatic heterocycles. The van der Waals surface area contributed by atoms with Crippen LogP contribution >= 0.6 is 11.6 Å². The van der Waals surface area contributed by atoms with Crippen LogP contribution in [-0.4, -0.2) is 55.0 Å². The Labute approximate surface area is 164 Å². The summed E-state index contributed by atoms with van der Waals surface area (Å²) >= 11 is 5.87. The molecule has 142 valence electrons. The van der Waals surface area contributed by atoms with Crippen LogP contribution in [0.25, 0.3) is 0 Å². The first kappa shape index (κ1) is 18.3. The van der Waals surface area contributed by atoms with Crippen molar-refractivity contribution in [3.8, 4) is 5.75 Å². The molecular weight excluding hydrogens is 362 g/mol. The first-order valence-corrected chi connectivity index (χ1v) is 9.78. The summed E-state index contributed by atoms with van der Waals surface area (Å²) in [7, 11) is 0. The first-order chi connectivity index (χ1) is 13.2. The standard InChI is InChI=1S/C21H24ClN3O2/c22-18-2-4-19(5-3-18)23-21(26)15-25-10-8-24(9-11-25)14-16-1-6-20-17(13-16)7-12-27-20/h1-6,13H,7-12,14-15H2,(H,23,26). The molecule has 2 aliphatic heterocycles.